The summed E-state index contributed by atoms with van der Waals surface area (Å²) >= 11 is 5.93. The van der Waals surface area contributed by atoms with Gasteiger partial charge >= 0.3 is 0 Å². The number of rotatable bonds is 8. The fraction of sp³-hybridized carbons (Fsp3) is 0.455. The van der Waals surface area contributed by atoms with Crippen molar-refractivity contribution in [3.8, 4) is 11.4 Å². The Morgan fingerprint density at radius 3 is 2.65 bits per heavy atom. The van der Waals surface area contributed by atoms with Gasteiger partial charge in [0.05, 0.1) is 12.2 Å². The molecule has 166 valence electrons. The molecule has 0 aliphatic heterocycles. The standard InChI is InChI=1S/C22H30ClN7O/c1-6-24-22(26-14(2)13-19-15(3)28-30(5)16(19)4)25-12-11-20-27-21(29-31-20)17-7-9-18(23)10-8-17/h7-10,14H,6,11-13H2,1-5H3,(H2,24,25,26). The van der Waals surface area contributed by atoms with Gasteiger partial charge in [-0.15, -0.1) is 0 Å². The lowest BCUT2D eigenvalue weighted by Crippen LogP contribution is -2.43. The largest absolute Gasteiger partial charge is 0.357 e. The molecule has 9 heteroatoms. The molecule has 2 heterocycles. The summed E-state index contributed by atoms with van der Waals surface area (Å²) in [5.74, 6) is 1.88. The minimum Gasteiger partial charge on any atom is -0.357 e. The van der Waals surface area contributed by atoms with Crippen LogP contribution >= 0.6 is 11.6 Å². The van der Waals surface area contributed by atoms with Crippen LogP contribution in [0, 0.1) is 13.8 Å². The summed E-state index contributed by atoms with van der Waals surface area (Å²) in [5.41, 5.74) is 4.41. The number of aromatic nitrogens is 4. The van der Waals surface area contributed by atoms with Crippen LogP contribution in [-0.4, -0.2) is 45.0 Å². The van der Waals surface area contributed by atoms with Crippen LogP contribution in [0.3, 0.4) is 0 Å². The third-order valence-corrected chi connectivity index (χ3v) is 5.31. The smallest absolute Gasteiger partial charge is 0.228 e. The number of nitrogens with zero attached hydrogens (tertiary/aromatic N) is 5. The molecule has 0 aliphatic carbocycles. The second kappa shape index (κ2) is 10.4. The maximum Gasteiger partial charge on any atom is 0.228 e. The molecule has 1 aromatic carbocycles. The molecule has 1 unspecified atom stereocenters. The van der Waals surface area contributed by atoms with Crippen molar-refractivity contribution in [1.82, 2.24) is 30.6 Å². The van der Waals surface area contributed by atoms with Gasteiger partial charge in [-0.3, -0.25) is 9.67 Å². The molecule has 2 aromatic heterocycles. The first-order chi connectivity index (χ1) is 14.9. The van der Waals surface area contributed by atoms with Crippen molar-refractivity contribution in [3.63, 3.8) is 0 Å². The Balaban J connectivity index is 1.57. The van der Waals surface area contributed by atoms with Crippen LogP contribution in [0.4, 0.5) is 0 Å². The molecule has 0 spiro atoms. The highest BCUT2D eigenvalue weighted by Gasteiger charge is 2.14. The monoisotopic (exact) mass is 443 g/mol. The van der Waals surface area contributed by atoms with Gasteiger partial charge in [0.25, 0.3) is 0 Å². The average molecular weight is 444 g/mol. The van der Waals surface area contributed by atoms with E-state index in [1.165, 1.54) is 11.3 Å². The van der Waals surface area contributed by atoms with Gasteiger partial charge in [0.1, 0.15) is 0 Å². The van der Waals surface area contributed by atoms with Gasteiger partial charge < -0.3 is 15.2 Å². The van der Waals surface area contributed by atoms with Crippen LogP contribution in [0.1, 0.15) is 36.7 Å². The lowest BCUT2D eigenvalue weighted by atomic mass is 10.1. The molecule has 0 radical (unpaired) electrons. The molecule has 3 rings (SSSR count). The van der Waals surface area contributed by atoms with Gasteiger partial charge in [0.15, 0.2) is 5.96 Å². The van der Waals surface area contributed by atoms with Crippen LogP contribution in [0.15, 0.2) is 33.8 Å². The highest BCUT2D eigenvalue weighted by Crippen LogP contribution is 2.18. The molecular formula is C22H30ClN7O. The number of hydrogen-bond acceptors (Lipinski definition) is 5. The van der Waals surface area contributed by atoms with Gasteiger partial charge in [0, 0.05) is 42.3 Å². The molecule has 0 bridgehead atoms. The first-order valence-electron chi connectivity index (χ1n) is 10.5. The zero-order valence-corrected chi connectivity index (χ0v) is 19.5. The summed E-state index contributed by atoms with van der Waals surface area (Å²) in [6, 6.07) is 7.56. The molecule has 0 saturated heterocycles. The minimum atomic E-state index is 0.208. The highest BCUT2D eigenvalue weighted by molar-refractivity contribution is 6.30. The van der Waals surface area contributed by atoms with Crippen LogP contribution in [0.2, 0.25) is 5.02 Å². The average Bonchev–Trinajstić information content (AvgIpc) is 3.29. The van der Waals surface area contributed by atoms with Gasteiger partial charge in [-0.1, -0.05) is 16.8 Å². The lowest BCUT2D eigenvalue weighted by Gasteiger charge is -2.18. The fourth-order valence-electron chi connectivity index (χ4n) is 3.36. The molecule has 2 N–H and O–H groups in total. The minimum absolute atomic E-state index is 0.208. The summed E-state index contributed by atoms with van der Waals surface area (Å²) in [6.07, 6.45) is 1.44. The molecule has 1 atom stereocenters. The van der Waals surface area contributed by atoms with E-state index in [0.717, 1.165) is 30.2 Å². The molecule has 3 aromatic rings. The molecule has 0 aliphatic rings. The molecule has 0 fully saturated rings. The van der Waals surface area contributed by atoms with Gasteiger partial charge in [0.2, 0.25) is 11.7 Å². The Hall–Kier alpha value is -2.87. The number of guanidine groups is 1. The summed E-state index contributed by atoms with van der Waals surface area (Å²) in [6.45, 7) is 9.67. The van der Waals surface area contributed by atoms with Gasteiger partial charge in [-0.05, 0) is 63.9 Å². The topological polar surface area (TPSA) is 93.2 Å². The predicted octanol–water partition coefficient (Wildman–Crippen LogP) is 3.47. The van der Waals surface area contributed by atoms with Crippen LogP contribution < -0.4 is 10.6 Å². The normalized spacial score (nSPS) is 12.8. The molecule has 0 saturated carbocycles. The van der Waals surface area contributed by atoms with Crippen LogP contribution in [0.25, 0.3) is 11.4 Å². The van der Waals surface area contributed by atoms with E-state index in [0.29, 0.717) is 29.7 Å². The number of halogens is 1. The first-order valence-corrected chi connectivity index (χ1v) is 10.9. The van der Waals surface area contributed by atoms with Crippen molar-refractivity contribution < 1.29 is 4.52 Å². The fourth-order valence-corrected chi connectivity index (χ4v) is 3.49. The number of benzene rings is 1. The number of aliphatic imine (C=N–C) groups is 1. The summed E-state index contributed by atoms with van der Waals surface area (Å²) in [7, 11) is 1.98. The van der Waals surface area contributed by atoms with E-state index in [1.54, 1.807) is 12.1 Å². The Bertz CT molecular complexity index is 1020. The van der Waals surface area contributed by atoms with Crippen molar-refractivity contribution >= 4 is 17.6 Å². The maximum atomic E-state index is 5.93. The van der Waals surface area contributed by atoms with Gasteiger partial charge in [-0.2, -0.15) is 10.1 Å². The second-order valence-corrected chi connectivity index (χ2v) is 7.99. The first kappa shape index (κ1) is 22.8. The number of hydrogen-bond donors (Lipinski definition) is 2. The van der Waals surface area contributed by atoms with E-state index in [1.807, 2.05) is 30.8 Å². The van der Waals surface area contributed by atoms with Crippen molar-refractivity contribution in [1.29, 1.82) is 0 Å². The highest BCUT2D eigenvalue weighted by atomic mass is 35.5. The van der Waals surface area contributed by atoms with Crippen LogP contribution in [0.5, 0.6) is 0 Å². The molecule has 8 nitrogen and oxygen atoms in total. The quantitative estimate of drug-likeness (QED) is 0.409. The molecule has 31 heavy (non-hydrogen) atoms. The third kappa shape index (κ3) is 6.07. The third-order valence-electron chi connectivity index (χ3n) is 5.06. The zero-order valence-electron chi connectivity index (χ0n) is 18.7. The van der Waals surface area contributed by atoms with E-state index < -0.39 is 0 Å². The Morgan fingerprint density at radius 2 is 2.00 bits per heavy atom. The van der Waals surface area contributed by atoms with Crippen molar-refractivity contribution in [2.45, 2.75) is 46.6 Å². The Kier molecular flexibility index (Phi) is 7.68. The molecular weight excluding hydrogens is 414 g/mol. The SMILES string of the molecule is CCNC(=NCCc1nc(-c2ccc(Cl)cc2)no1)NC(C)Cc1c(C)nn(C)c1C. The van der Waals surface area contributed by atoms with Crippen LogP contribution in [-0.2, 0) is 19.9 Å². The van der Waals surface area contributed by atoms with E-state index in [9.17, 15) is 0 Å². The summed E-state index contributed by atoms with van der Waals surface area (Å²) in [5, 5.41) is 16.0. The number of nitrogens with one attached hydrogen (secondary N) is 2. The summed E-state index contributed by atoms with van der Waals surface area (Å²) in [4.78, 5) is 9.11. The predicted molar refractivity (Wildman–Crippen MR) is 123 cm³/mol. The van der Waals surface area contributed by atoms with Crippen molar-refractivity contribution in [2.24, 2.45) is 12.0 Å². The summed E-state index contributed by atoms with van der Waals surface area (Å²) < 4.78 is 7.30. The Morgan fingerprint density at radius 1 is 1.26 bits per heavy atom. The Labute approximate surface area is 188 Å². The van der Waals surface area contributed by atoms with E-state index in [-0.39, 0.29) is 6.04 Å². The maximum absolute atomic E-state index is 5.93. The lowest BCUT2D eigenvalue weighted by molar-refractivity contribution is 0.380. The van der Waals surface area contributed by atoms with E-state index >= 15 is 0 Å². The zero-order chi connectivity index (χ0) is 22.4. The van der Waals surface area contributed by atoms with E-state index in [4.69, 9.17) is 16.1 Å². The van der Waals surface area contributed by atoms with E-state index in [2.05, 4.69) is 51.6 Å². The second-order valence-electron chi connectivity index (χ2n) is 7.55. The van der Waals surface area contributed by atoms with Gasteiger partial charge in [-0.25, -0.2) is 0 Å². The van der Waals surface area contributed by atoms with Crippen molar-refractivity contribution in [2.75, 3.05) is 13.1 Å². The number of aryl methyl sites for hydroxylation is 2. The molecule has 0 amide bonds. The van der Waals surface area contributed by atoms with Crippen molar-refractivity contribution in [3.05, 3.63) is 52.1 Å².